The lowest BCUT2D eigenvalue weighted by Crippen LogP contribution is -2.17. The lowest BCUT2D eigenvalue weighted by molar-refractivity contribution is 0.0601. The molecule has 160 valence electrons. The molecule has 0 spiro atoms. The molecule has 0 saturated heterocycles. The molecule has 0 aromatic heterocycles. The summed E-state index contributed by atoms with van der Waals surface area (Å²) >= 11 is 0. The number of rotatable bonds is 8. The molecule has 0 N–H and O–H groups in total. The Kier molecular flexibility index (Phi) is 10.3. The van der Waals surface area contributed by atoms with Crippen molar-refractivity contribution in [3.8, 4) is 5.75 Å². The molecule has 0 bridgehead atoms. The molecular weight excluding hydrogens is 362 g/mol. The summed E-state index contributed by atoms with van der Waals surface area (Å²) in [6.07, 6.45) is 0. The summed E-state index contributed by atoms with van der Waals surface area (Å²) in [5, 5.41) is 0. The van der Waals surface area contributed by atoms with E-state index in [2.05, 4.69) is 57.7 Å². The first-order valence-electron chi connectivity index (χ1n) is 10.6. The Morgan fingerprint density at radius 1 is 0.966 bits per heavy atom. The van der Waals surface area contributed by atoms with Gasteiger partial charge in [-0.15, -0.1) is 0 Å². The van der Waals surface area contributed by atoms with Gasteiger partial charge in [-0.2, -0.15) is 0 Å². The fraction of sp³-hybridized carbons (Fsp3) is 0.480. The van der Waals surface area contributed by atoms with Gasteiger partial charge in [0.25, 0.3) is 0 Å². The molecule has 2 aromatic carbocycles. The Hall–Kier alpha value is -2.49. The Labute approximate surface area is 176 Å². The van der Waals surface area contributed by atoms with E-state index in [0.29, 0.717) is 24.0 Å². The smallest absolute Gasteiger partial charge is 0.337 e. The van der Waals surface area contributed by atoms with E-state index in [9.17, 15) is 4.79 Å². The third-order valence-corrected chi connectivity index (χ3v) is 4.42. The maximum Gasteiger partial charge on any atom is 0.337 e. The van der Waals surface area contributed by atoms with Crippen molar-refractivity contribution in [2.75, 3.05) is 25.2 Å². The highest BCUT2D eigenvalue weighted by Crippen LogP contribution is 2.34. The summed E-state index contributed by atoms with van der Waals surface area (Å²) in [6.45, 7) is 16.3. The van der Waals surface area contributed by atoms with Gasteiger partial charge in [0.15, 0.2) is 0 Å². The second-order valence-corrected chi connectivity index (χ2v) is 7.36. The van der Waals surface area contributed by atoms with E-state index in [1.165, 1.54) is 12.7 Å². The van der Waals surface area contributed by atoms with Gasteiger partial charge in [-0.3, -0.25) is 0 Å². The van der Waals surface area contributed by atoms with E-state index in [-0.39, 0.29) is 5.97 Å². The summed E-state index contributed by atoms with van der Waals surface area (Å²) < 4.78 is 10.8. The Morgan fingerprint density at radius 2 is 1.55 bits per heavy atom. The standard InChI is InChI=1S/C23H31NO3.C2H6/c1-7-24(19-10-8-18(9-11-19)23(25)26-6)20-12-13-22(27-15-16(2)3)21(14-20)17(4)5;1-2/h8-14,16-17H,7,15H2,1-6H3;1-2H3. The first-order valence-corrected chi connectivity index (χ1v) is 10.6. The summed E-state index contributed by atoms with van der Waals surface area (Å²) in [7, 11) is 1.39. The van der Waals surface area contributed by atoms with Gasteiger partial charge < -0.3 is 14.4 Å². The van der Waals surface area contributed by atoms with E-state index >= 15 is 0 Å². The van der Waals surface area contributed by atoms with Gasteiger partial charge in [0.1, 0.15) is 5.75 Å². The number of ether oxygens (including phenoxy) is 2. The summed E-state index contributed by atoms with van der Waals surface area (Å²) in [6, 6.07) is 13.9. The molecule has 2 rings (SSSR count). The average molecular weight is 400 g/mol. The average Bonchev–Trinajstić information content (AvgIpc) is 2.74. The molecule has 0 amide bonds. The number of carbonyl (C=O) groups excluding carboxylic acids is 1. The Bertz CT molecular complexity index is 751. The molecule has 0 fully saturated rings. The van der Waals surface area contributed by atoms with E-state index in [1.54, 1.807) is 12.1 Å². The predicted octanol–water partition coefficient (Wildman–Crippen LogP) is 6.82. The molecule has 4 nitrogen and oxygen atoms in total. The monoisotopic (exact) mass is 399 g/mol. The third-order valence-electron chi connectivity index (χ3n) is 4.42. The number of hydrogen-bond acceptors (Lipinski definition) is 4. The zero-order valence-corrected chi connectivity index (χ0v) is 19.3. The lowest BCUT2D eigenvalue weighted by Gasteiger charge is -2.26. The van der Waals surface area contributed by atoms with Gasteiger partial charge in [-0.25, -0.2) is 4.79 Å². The van der Waals surface area contributed by atoms with Gasteiger partial charge >= 0.3 is 5.97 Å². The largest absolute Gasteiger partial charge is 0.493 e. The highest BCUT2D eigenvalue weighted by Gasteiger charge is 2.15. The van der Waals surface area contributed by atoms with Crippen LogP contribution in [0.2, 0.25) is 0 Å². The summed E-state index contributed by atoms with van der Waals surface area (Å²) in [5.41, 5.74) is 3.91. The Balaban J connectivity index is 0.00000204. The molecule has 0 saturated carbocycles. The molecule has 0 heterocycles. The number of carbonyl (C=O) groups is 1. The number of benzene rings is 2. The van der Waals surface area contributed by atoms with Gasteiger partial charge in [0, 0.05) is 17.9 Å². The predicted molar refractivity (Wildman–Crippen MR) is 123 cm³/mol. The second-order valence-electron chi connectivity index (χ2n) is 7.36. The molecule has 0 atom stereocenters. The van der Waals surface area contributed by atoms with Crippen LogP contribution in [0.4, 0.5) is 11.4 Å². The fourth-order valence-electron chi connectivity index (χ4n) is 2.95. The van der Waals surface area contributed by atoms with E-state index in [4.69, 9.17) is 9.47 Å². The van der Waals surface area contributed by atoms with Crippen molar-refractivity contribution in [2.45, 2.75) is 54.4 Å². The van der Waals surface area contributed by atoms with Crippen LogP contribution in [0.3, 0.4) is 0 Å². The van der Waals surface area contributed by atoms with Crippen LogP contribution in [-0.2, 0) is 4.74 Å². The number of methoxy groups -OCH3 is 1. The maximum absolute atomic E-state index is 11.7. The number of esters is 1. The van der Waals surface area contributed by atoms with Crippen molar-refractivity contribution in [3.05, 3.63) is 53.6 Å². The minimum absolute atomic E-state index is 0.321. The van der Waals surface area contributed by atoms with E-state index in [0.717, 1.165) is 23.7 Å². The lowest BCUT2D eigenvalue weighted by atomic mass is 10.0. The van der Waals surface area contributed by atoms with Gasteiger partial charge in [-0.05, 0) is 66.8 Å². The zero-order valence-electron chi connectivity index (χ0n) is 19.3. The Morgan fingerprint density at radius 3 is 2.03 bits per heavy atom. The van der Waals surface area contributed by atoms with Crippen LogP contribution in [0.25, 0.3) is 0 Å². The van der Waals surface area contributed by atoms with Crippen molar-refractivity contribution in [3.63, 3.8) is 0 Å². The molecule has 0 unspecified atom stereocenters. The topological polar surface area (TPSA) is 38.8 Å². The number of anilines is 2. The van der Waals surface area contributed by atoms with Crippen LogP contribution in [-0.4, -0.2) is 26.2 Å². The molecule has 0 radical (unpaired) electrons. The minimum atomic E-state index is -0.321. The third kappa shape index (κ3) is 6.81. The SMILES string of the molecule is CC.CCN(c1ccc(C(=O)OC)cc1)c1ccc(OCC(C)C)c(C(C)C)c1. The van der Waals surface area contributed by atoms with Crippen LogP contribution >= 0.6 is 0 Å². The van der Waals surface area contributed by atoms with Crippen molar-refractivity contribution in [1.82, 2.24) is 0 Å². The van der Waals surface area contributed by atoms with Gasteiger partial charge in [0.05, 0.1) is 19.3 Å². The van der Waals surface area contributed by atoms with E-state index < -0.39 is 0 Å². The minimum Gasteiger partial charge on any atom is -0.493 e. The van der Waals surface area contributed by atoms with Gasteiger partial charge in [-0.1, -0.05) is 41.5 Å². The highest BCUT2D eigenvalue weighted by molar-refractivity contribution is 5.89. The first-order chi connectivity index (χ1) is 13.9. The summed E-state index contributed by atoms with van der Waals surface area (Å²) in [4.78, 5) is 13.9. The highest BCUT2D eigenvalue weighted by atomic mass is 16.5. The molecule has 0 aliphatic carbocycles. The molecule has 2 aromatic rings. The molecular formula is C25H37NO3. The van der Waals surface area contributed by atoms with Gasteiger partial charge in [0.2, 0.25) is 0 Å². The summed E-state index contributed by atoms with van der Waals surface area (Å²) in [5.74, 6) is 1.50. The van der Waals surface area contributed by atoms with Crippen LogP contribution in [0, 0.1) is 5.92 Å². The maximum atomic E-state index is 11.7. The normalized spacial score (nSPS) is 10.4. The van der Waals surface area contributed by atoms with Crippen LogP contribution in [0.5, 0.6) is 5.75 Å². The fourth-order valence-corrected chi connectivity index (χ4v) is 2.95. The van der Waals surface area contributed by atoms with Crippen molar-refractivity contribution < 1.29 is 14.3 Å². The number of nitrogens with zero attached hydrogens (tertiary/aromatic N) is 1. The molecule has 0 aliphatic rings. The van der Waals surface area contributed by atoms with Crippen LogP contribution < -0.4 is 9.64 Å². The van der Waals surface area contributed by atoms with Crippen LogP contribution in [0.1, 0.15) is 70.3 Å². The zero-order chi connectivity index (χ0) is 22.0. The first kappa shape index (κ1) is 24.5. The van der Waals surface area contributed by atoms with Crippen molar-refractivity contribution in [2.24, 2.45) is 5.92 Å². The second kappa shape index (κ2) is 12.2. The quantitative estimate of drug-likeness (QED) is 0.457. The van der Waals surface area contributed by atoms with E-state index in [1.807, 2.05) is 26.0 Å². The van der Waals surface area contributed by atoms with Crippen molar-refractivity contribution >= 4 is 17.3 Å². The number of hydrogen-bond donors (Lipinski definition) is 0. The van der Waals surface area contributed by atoms with Crippen molar-refractivity contribution in [1.29, 1.82) is 0 Å². The molecule has 29 heavy (non-hydrogen) atoms. The van der Waals surface area contributed by atoms with Crippen LogP contribution in [0.15, 0.2) is 42.5 Å². The molecule has 0 aliphatic heterocycles. The molecule has 4 heteroatoms.